The number of fused-ring (bicyclic) bond motifs is 5. The van der Waals surface area contributed by atoms with Gasteiger partial charge in [0.25, 0.3) is 0 Å². The fourth-order valence-electron chi connectivity index (χ4n) is 4.67. The van der Waals surface area contributed by atoms with E-state index in [0.717, 1.165) is 30.1 Å². The number of amides is 2. The normalized spacial score (nSPS) is 36.9. The van der Waals surface area contributed by atoms with Gasteiger partial charge in [0.1, 0.15) is 0 Å². The first-order valence-electron chi connectivity index (χ1n) is 8.32. The second kappa shape index (κ2) is 5.85. The van der Waals surface area contributed by atoms with Gasteiger partial charge >= 0.3 is 12.0 Å². The lowest BCUT2D eigenvalue weighted by molar-refractivity contribution is -0.137. The molecule has 3 rings (SSSR count). The van der Waals surface area contributed by atoms with Gasteiger partial charge in [-0.3, -0.25) is 4.79 Å². The van der Waals surface area contributed by atoms with Crippen LogP contribution in [-0.2, 0) is 4.79 Å². The molecule has 0 aromatic carbocycles. The van der Waals surface area contributed by atoms with E-state index in [4.69, 9.17) is 5.11 Å². The number of carboxylic acids is 1. The zero-order chi connectivity index (χ0) is 15.0. The van der Waals surface area contributed by atoms with Crippen molar-refractivity contribution in [3.05, 3.63) is 0 Å². The van der Waals surface area contributed by atoms with Crippen LogP contribution in [0.3, 0.4) is 0 Å². The van der Waals surface area contributed by atoms with Crippen molar-refractivity contribution in [3.63, 3.8) is 0 Å². The Labute approximate surface area is 125 Å². The van der Waals surface area contributed by atoms with Gasteiger partial charge in [-0.05, 0) is 61.7 Å². The first kappa shape index (κ1) is 14.7. The van der Waals surface area contributed by atoms with Crippen molar-refractivity contribution in [1.82, 2.24) is 10.6 Å². The van der Waals surface area contributed by atoms with Crippen LogP contribution in [0.15, 0.2) is 0 Å². The van der Waals surface area contributed by atoms with Gasteiger partial charge in [-0.1, -0.05) is 6.92 Å². The van der Waals surface area contributed by atoms with Crippen LogP contribution in [0.2, 0.25) is 0 Å². The molecule has 0 spiro atoms. The predicted octanol–water partition coefficient (Wildman–Crippen LogP) is 2.22. The summed E-state index contributed by atoms with van der Waals surface area (Å²) in [6.07, 6.45) is 5.86. The summed E-state index contributed by atoms with van der Waals surface area (Å²) in [6.45, 7) is 2.66. The summed E-state index contributed by atoms with van der Waals surface area (Å²) < 4.78 is 0. The molecule has 21 heavy (non-hydrogen) atoms. The van der Waals surface area contributed by atoms with E-state index in [9.17, 15) is 9.59 Å². The molecule has 0 aromatic heterocycles. The summed E-state index contributed by atoms with van der Waals surface area (Å²) in [5.74, 6) is 2.87. The van der Waals surface area contributed by atoms with E-state index in [1.54, 1.807) is 0 Å². The third-order valence-electron chi connectivity index (χ3n) is 5.81. The quantitative estimate of drug-likeness (QED) is 0.673. The fourth-order valence-corrected chi connectivity index (χ4v) is 4.67. The minimum Gasteiger partial charge on any atom is -0.481 e. The van der Waals surface area contributed by atoms with E-state index >= 15 is 0 Å². The second-order valence-corrected chi connectivity index (χ2v) is 7.24. The maximum Gasteiger partial charge on any atom is 0.315 e. The molecule has 5 nitrogen and oxygen atoms in total. The highest BCUT2D eigenvalue weighted by Crippen LogP contribution is 2.65. The molecule has 5 unspecified atom stereocenters. The smallest absolute Gasteiger partial charge is 0.315 e. The van der Waals surface area contributed by atoms with Crippen LogP contribution in [0, 0.1) is 29.6 Å². The lowest BCUT2D eigenvalue weighted by Crippen LogP contribution is -2.39. The van der Waals surface area contributed by atoms with Crippen LogP contribution in [-0.4, -0.2) is 29.7 Å². The van der Waals surface area contributed by atoms with Gasteiger partial charge < -0.3 is 15.7 Å². The molecule has 2 bridgehead atoms. The number of carbonyl (C=O) groups excluding carboxylic acids is 1. The predicted molar refractivity (Wildman–Crippen MR) is 78.8 cm³/mol. The highest BCUT2D eigenvalue weighted by atomic mass is 16.4. The van der Waals surface area contributed by atoms with Crippen LogP contribution < -0.4 is 10.6 Å². The molecule has 0 aromatic rings. The molecule has 2 amide bonds. The molecule has 0 radical (unpaired) electrons. The van der Waals surface area contributed by atoms with Crippen LogP contribution in [0.25, 0.3) is 0 Å². The zero-order valence-electron chi connectivity index (χ0n) is 12.7. The number of carbonyl (C=O) groups is 2. The molecule has 5 heteroatoms. The second-order valence-electron chi connectivity index (χ2n) is 7.24. The Balaban J connectivity index is 1.29. The van der Waals surface area contributed by atoms with Gasteiger partial charge in [0, 0.05) is 19.0 Å². The lowest BCUT2D eigenvalue weighted by Gasteiger charge is -2.13. The van der Waals surface area contributed by atoms with Crippen molar-refractivity contribution in [1.29, 1.82) is 0 Å². The standard InChI is InChI=1S/C16H26N2O3/c1-9(2-5-12(19)20)6-7-17-16(21)18-15-13-10-3-4-11(8-10)14(13)15/h9-11,13-15H,2-8H2,1H3,(H,19,20)(H2,17,18,21). The molecule has 0 aliphatic heterocycles. The van der Waals surface area contributed by atoms with Crippen molar-refractivity contribution in [2.75, 3.05) is 6.54 Å². The first-order chi connectivity index (χ1) is 10.1. The average Bonchev–Trinajstić information content (AvgIpc) is 2.83. The fraction of sp³-hybridized carbons (Fsp3) is 0.875. The number of hydrogen-bond donors (Lipinski definition) is 3. The Kier molecular flexibility index (Phi) is 4.09. The topological polar surface area (TPSA) is 78.4 Å². The zero-order valence-corrected chi connectivity index (χ0v) is 12.7. The van der Waals surface area contributed by atoms with Crippen LogP contribution >= 0.6 is 0 Å². The number of carboxylic acid groups (broad SMARTS) is 1. The van der Waals surface area contributed by atoms with Gasteiger partial charge in [0.15, 0.2) is 0 Å². The molecule has 3 aliphatic carbocycles. The summed E-state index contributed by atoms with van der Waals surface area (Å²) in [5.41, 5.74) is 0. The third kappa shape index (κ3) is 3.16. The summed E-state index contributed by atoms with van der Waals surface area (Å²) in [4.78, 5) is 22.4. The SMILES string of the molecule is CC(CCNC(=O)NC1C2C3CCC(C3)C12)CCC(=O)O. The highest BCUT2D eigenvalue weighted by molar-refractivity contribution is 5.74. The summed E-state index contributed by atoms with van der Waals surface area (Å²) in [7, 11) is 0. The summed E-state index contributed by atoms with van der Waals surface area (Å²) in [5, 5.41) is 14.7. The van der Waals surface area contributed by atoms with Crippen molar-refractivity contribution < 1.29 is 14.7 Å². The van der Waals surface area contributed by atoms with E-state index in [0.29, 0.717) is 24.9 Å². The van der Waals surface area contributed by atoms with Crippen molar-refractivity contribution in [3.8, 4) is 0 Å². The van der Waals surface area contributed by atoms with E-state index in [-0.39, 0.29) is 12.5 Å². The Hall–Kier alpha value is -1.26. The maximum atomic E-state index is 11.9. The van der Waals surface area contributed by atoms with Crippen LogP contribution in [0.5, 0.6) is 0 Å². The molecule has 0 heterocycles. The van der Waals surface area contributed by atoms with Crippen LogP contribution in [0.1, 0.15) is 45.4 Å². The number of rotatable bonds is 7. The van der Waals surface area contributed by atoms with Crippen molar-refractivity contribution >= 4 is 12.0 Å². The van der Waals surface area contributed by atoms with Crippen molar-refractivity contribution in [2.45, 2.75) is 51.5 Å². The molecule has 3 aliphatic rings. The maximum absolute atomic E-state index is 11.9. The number of hydrogen-bond acceptors (Lipinski definition) is 2. The molecule has 118 valence electrons. The van der Waals surface area contributed by atoms with E-state index in [1.807, 2.05) is 6.92 Å². The molecule has 5 atom stereocenters. The Morgan fingerprint density at radius 2 is 1.86 bits per heavy atom. The Morgan fingerprint density at radius 3 is 2.48 bits per heavy atom. The minimum absolute atomic E-state index is 0.0424. The highest BCUT2D eigenvalue weighted by Gasteiger charge is 2.65. The molecule has 3 N–H and O–H groups in total. The summed E-state index contributed by atoms with van der Waals surface area (Å²) in [6, 6.07) is 0.389. The molecule has 3 fully saturated rings. The summed E-state index contributed by atoms with van der Waals surface area (Å²) >= 11 is 0. The largest absolute Gasteiger partial charge is 0.481 e. The first-order valence-corrected chi connectivity index (χ1v) is 8.32. The van der Waals surface area contributed by atoms with E-state index in [1.165, 1.54) is 19.3 Å². The van der Waals surface area contributed by atoms with Gasteiger partial charge in [-0.25, -0.2) is 4.79 Å². The number of urea groups is 1. The number of aliphatic carboxylic acids is 1. The monoisotopic (exact) mass is 294 g/mol. The Morgan fingerprint density at radius 1 is 1.19 bits per heavy atom. The molecular weight excluding hydrogens is 268 g/mol. The molecule has 3 saturated carbocycles. The van der Waals surface area contributed by atoms with Gasteiger partial charge in [-0.2, -0.15) is 0 Å². The number of nitrogens with one attached hydrogen (secondary N) is 2. The average molecular weight is 294 g/mol. The van der Waals surface area contributed by atoms with Gasteiger partial charge in [-0.15, -0.1) is 0 Å². The third-order valence-corrected chi connectivity index (χ3v) is 5.81. The van der Waals surface area contributed by atoms with Gasteiger partial charge in [0.05, 0.1) is 0 Å². The van der Waals surface area contributed by atoms with Gasteiger partial charge in [0.2, 0.25) is 0 Å². The van der Waals surface area contributed by atoms with E-state index in [2.05, 4.69) is 10.6 Å². The molecule has 0 saturated heterocycles. The Bertz CT molecular complexity index is 410. The molecular formula is C16H26N2O3. The van der Waals surface area contributed by atoms with Crippen molar-refractivity contribution in [2.24, 2.45) is 29.6 Å². The minimum atomic E-state index is -0.748. The van der Waals surface area contributed by atoms with Crippen LogP contribution in [0.4, 0.5) is 4.79 Å². The lowest BCUT2D eigenvalue weighted by atomic mass is 10.0. The van der Waals surface area contributed by atoms with E-state index < -0.39 is 5.97 Å².